The molecule has 0 radical (unpaired) electrons. The number of nitrogens with one attached hydrogen (secondary N) is 1. The molecular weight excluding hydrogens is 554 g/mol. The fourth-order valence-electron chi connectivity index (χ4n) is 4.18. The smallest absolute Gasteiger partial charge is 0.416 e. The Morgan fingerprint density at radius 1 is 0.976 bits per heavy atom. The van der Waals surface area contributed by atoms with E-state index in [-0.39, 0.29) is 29.7 Å². The van der Waals surface area contributed by atoms with Crippen LogP contribution >= 0.6 is 0 Å². The number of likely N-dealkylation sites (tertiary alicyclic amines) is 1. The first-order chi connectivity index (χ1) is 19.4. The molecule has 0 bridgehead atoms. The van der Waals surface area contributed by atoms with Crippen molar-refractivity contribution in [1.82, 2.24) is 20.2 Å². The van der Waals surface area contributed by atoms with Crippen molar-refractivity contribution in [2.75, 3.05) is 33.3 Å². The molecule has 1 aromatic heterocycles. The van der Waals surface area contributed by atoms with E-state index >= 15 is 0 Å². The number of carboxylic acids is 1. The molecule has 0 spiro atoms. The SMILES string of the molecule is CNCc1cc(C(F)(F)F)cc(C(F)(F)F)c1.O=C(O)c1cnc(OCCN2CCCCC2)nc1-c1ccccc1. The minimum Gasteiger partial charge on any atom is -0.478 e. The molecule has 1 saturated heterocycles. The predicted octanol–water partition coefficient (Wildman–Crippen LogP) is 6.15. The monoisotopic (exact) mass is 584 g/mol. The molecule has 1 fully saturated rings. The molecule has 0 atom stereocenters. The standard InChI is InChI=1S/C18H21N3O3.C10H9F6N/c22-17(23)15-13-19-18(20-16(15)14-7-3-1-4-8-14)24-12-11-21-9-5-2-6-10-21;1-17-5-6-2-7(9(11,12)13)4-8(3-6)10(14,15)16/h1,3-4,7-8,13H,2,5-6,9-12H2,(H,22,23);2-4,17H,5H2,1H3. The van der Waals surface area contributed by atoms with Crippen LogP contribution in [-0.2, 0) is 18.9 Å². The maximum absolute atomic E-state index is 12.4. The van der Waals surface area contributed by atoms with Crippen molar-refractivity contribution >= 4 is 5.97 Å². The number of nitrogens with zero attached hydrogens (tertiary/aromatic N) is 3. The minimum absolute atomic E-state index is 0.0605. The average molecular weight is 585 g/mol. The van der Waals surface area contributed by atoms with Gasteiger partial charge in [-0.25, -0.2) is 9.78 Å². The third-order valence-corrected chi connectivity index (χ3v) is 6.16. The topological polar surface area (TPSA) is 87.6 Å². The number of halogens is 6. The van der Waals surface area contributed by atoms with Crippen molar-refractivity contribution in [1.29, 1.82) is 0 Å². The number of aromatic nitrogens is 2. The lowest BCUT2D eigenvalue weighted by Crippen LogP contribution is -2.33. The summed E-state index contributed by atoms with van der Waals surface area (Å²) in [6, 6.07) is 11.0. The summed E-state index contributed by atoms with van der Waals surface area (Å²) in [5.41, 5.74) is -1.46. The number of rotatable bonds is 8. The molecule has 0 unspecified atom stereocenters. The number of alkyl halides is 6. The van der Waals surface area contributed by atoms with Gasteiger partial charge in [0.1, 0.15) is 12.2 Å². The molecule has 0 saturated carbocycles. The van der Waals surface area contributed by atoms with Crippen LogP contribution in [0.15, 0.2) is 54.7 Å². The summed E-state index contributed by atoms with van der Waals surface area (Å²) < 4.78 is 80.0. The van der Waals surface area contributed by atoms with Crippen LogP contribution in [0.25, 0.3) is 11.3 Å². The molecule has 2 N–H and O–H groups in total. The van der Waals surface area contributed by atoms with Crippen LogP contribution in [0.3, 0.4) is 0 Å². The third-order valence-electron chi connectivity index (χ3n) is 6.16. The van der Waals surface area contributed by atoms with Gasteiger partial charge < -0.3 is 15.2 Å². The van der Waals surface area contributed by atoms with E-state index in [1.807, 2.05) is 30.3 Å². The summed E-state index contributed by atoms with van der Waals surface area (Å²) >= 11 is 0. The van der Waals surface area contributed by atoms with Crippen LogP contribution < -0.4 is 10.1 Å². The van der Waals surface area contributed by atoms with Gasteiger partial charge in [0.2, 0.25) is 0 Å². The first kappa shape index (κ1) is 31.8. The summed E-state index contributed by atoms with van der Waals surface area (Å²) in [7, 11) is 1.44. The van der Waals surface area contributed by atoms with Gasteiger partial charge >= 0.3 is 24.3 Å². The normalized spacial score (nSPS) is 14.2. The van der Waals surface area contributed by atoms with E-state index in [4.69, 9.17) is 4.74 Å². The lowest BCUT2D eigenvalue weighted by atomic mass is 10.0. The second-order valence-electron chi connectivity index (χ2n) is 9.28. The lowest BCUT2D eigenvalue weighted by Gasteiger charge is -2.25. The zero-order valence-corrected chi connectivity index (χ0v) is 22.2. The Morgan fingerprint density at radius 3 is 2.12 bits per heavy atom. The second-order valence-corrected chi connectivity index (χ2v) is 9.28. The first-order valence-corrected chi connectivity index (χ1v) is 12.8. The average Bonchev–Trinajstić information content (AvgIpc) is 2.93. The van der Waals surface area contributed by atoms with Crippen molar-refractivity contribution in [2.45, 2.75) is 38.2 Å². The van der Waals surface area contributed by atoms with Gasteiger partial charge in [0, 0.05) is 24.8 Å². The van der Waals surface area contributed by atoms with E-state index < -0.39 is 29.4 Å². The Hall–Kier alpha value is -3.71. The van der Waals surface area contributed by atoms with E-state index in [2.05, 4.69) is 20.2 Å². The van der Waals surface area contributed by atoms with Crippen LogP contribution in [0.1, 0.15) is 46.3 Å². The van der Waals surface area contributed by atoms with Crippen LogP contribution in [0, 0.1) is 0 Å². The van der Waals surface area contributed by atoms with Gasteiger partial charge in [-0.15, -0.1) is 0 Å². The van der Waals surface area contributed by atoms with Crippen molar-refractivity contribution in [3.63, 3.8) is 0 Å². The molecule has 2 aromatic carbocycles. The Labute approximate surface area is 233 Å². The quantitative estimate of drug-likeness (QED) is 0.307. The van der Waals surface area contributed by atoms with Gasteiger partial charge in [0.05, 0.1) is 16.8 Å². The summed E-state index contributed by atoms with van der Waals surface area (Å²) in [6.45, 7) is 3.49. The van der Waals surface area contributed by atoms with Gasteiger partial charge in [-0.2, -0.15) is 31.3 Å². The third kappa shape index (κ3) is 9.71. The van der Waals surface area contributed by atoms with Crippen molar-refractivity contribution in [3.8, 4) is 17.3 Å². The molecule has 1 aliphatic heterocycles. The Bertz CT molecular complexity index is 1250. The van der Waals surface area contributed by atoms with E-state index in [1.54, 1.807) is 0 Å². The molecule has 0 amide bonds. The molecule has 2 heterocycles. The predicted molar refractivity (Wildman–Crippen MR) is 139 cm³/mol. The largest absolute Gasteiger partial charge is 0.478 e. The fourth-order valence-corrected chi connectivity index (χ4v) is 4.18. The maximum Gasteiger partial charge on any atom is 0.416 e. The van der Waals surface area contributed by atoms with Crippen molar-refractivity contribution in [2.24, 2.45) is 0 Å². The minimum atomic E-state index is -4.79. The Kier molecular flexibility index (Phi) is 11.1. The van der Waals surface area contributed by atoms with Gasteiger partial charge in [0.15, 0.2) is 0 Å². The Morgan fingerprint density at radius 2 is 1.59 bits per heavy atom. The van der Waals surface area contributed by atoms with E-state index in [1.165, 1.54) is 32.5 Å². The molecule has 13 heteroatoms. The summed E-state index contributed by atoms with van der Waals surface area (Å²) in [5, 5.41) is 11.8. The van der Waals surface area contributed by atoms with Crippen LogP contribution in [-0.4, -0.2) is 59.2 Å². The van der Waals surface area contributed by atoms with Gasteiger partial charge in [0.25, 0.3) is 0 Å². The lowest BCUT2D eigenvalue weighted by molar-refractivity contribution is -0.143. The summed E-state index contributed by atoms with van der Waals surface area (Å²) in [5.74, 6) is -1.05. The first-order valence-electron chi connectivity index (χ1n) is 12.8. The second kappa shape index (κ2) is 14.3. The molecule has 7 nitrogen and oxygen atoms in total. The number of ether oxygens (including phenoxy) is 1. The number of aromatic carboxylic acids is 1. The van der Waals surface area contributed by atoms with E-state index in [0.717, 1.165) is 25.2 Å². The number of carbonyl (C=O) groups is 1. The molecule has 222 valence electrons. The van der Waals surface area contributed by atoms with Crippen molar-refractivity contribution in [3.05, 3.63) is 77.0 Å². The van der Waals surface area contributed by atoms with Gasteiger partial charge in [-0.05, 0) is 56.7 Å². The molecule has 41 heavy (non-hydrogen) atoms. The zero-order chi connectivity index (χ0) is 30.0. The highest BCUT2D eigenvalue weighted by Crippen LogP contribution is 2.36. The van der Waals surface area contributed by atoms with Crippen LogP contribution in [0.5, 0.6) is 6.01 Å². The van der Waals surface area contributed by atoms with E-state index in [0.29, 0.717) is 24.4 Å². The zero-order valence-electron chi connectivity index (χ0n) is 22.2. The molecule has 4 rings (SSSR count). The Balaban J connectivity index is 0.000000241. The van der Waals surface area contributed by atoms with Crippen LogP contribution in [0.2, 0.25) is 0 Å². The number of hydrogen-bond acceptors (Lipinski definition) is 6. The molecule has 1 aliphatic rings. The fraction of sp³-hybridized carbons (Fsp3) is 0.393. The number of piperidine rings is 1. The number of carboxylic acid groups (broad SMARTS) is 1. The highest BCUT2D eigenvalue weighted by molar-refractivity contribution is 5.94. The highest BCUT2D eigenvalue weighted by atomic mass is 19.4. The maximum atomic E-state index is 12.4. The van der Waals surface area contributed by atoms with Crippen molar-refractivity contribution < 1.29 is 41.0 Å². The van der Waals surface area contributed by atoms with Crippen LogP contribution in [0.4, 0.5) is 26.3 Å². The molecular formula is C28H30F6N4O3. The summed E-state index contributed by atoms with van der Waals surface area (Å²) in [4.78, 5) is 22.1. The van der Waals surface area contributed by atoms with Gasteiger partial charge in [-0.1, -0.05) is 36.8 Å². The molecule has 3 aromatic rings. The van der Waals surface area contributed by atoms with Gasteiger partial charge in [-0.3, -0.25) is 4.90 Å². The highest BCUT2D eigenvalue weighted by Gasteiger charge is 2.36. The summed E-state index contributed by atoms with van der Waals surface area (Å²) in [6.07, 6.45) is -4.48. The molecule has 0 aliphatic carbocycles. The number of hydrogen-bond donors (Lipinski definition) is 2. The van der Waals surface area contributed by atoms with E-state index in [9.17, 15) is 36.2 Å². The number of benzene rings is 2.